The van der Waals surface area contributed by atoms with Crippen molar-refractivity contribution < 1.29 is 14.4 Å². The van der Waals surface area contributed by atoms with Crippen molar-refractivity contribution in [2.75, 3.05) is 13.1 Å². The molecule has 3 amide bonds. The smallest absolute Gasteiger partial charge is 0.261 e. The van der Waals surface area contributed by atoms with Crippen LogP contribution in [-0.2, 0) is 11.2 Å². The monoisotopic (exact) mass is 416 g/mol. The van der Waals surface area contributed by atoms with Crippen LogP contribution in [0.4, 0.5) is 0 Å². The predicted molar refractivity (Wildman–Crippen MR) is 114 cm³/mol. The molecule has 6 heteroatoms. The Morgan fingerprint density at radius 1 is 0.933 bits per heavy atom. The second-order valence-corrected chi connectivity index (χ2v) is 8.51. The second kappa shape index (κ2) is 7.54. The number of benzene rings is 2. The summed E-state index contributed by atoms with van der Waals surface area (Å²) in [5, 5.41) is 2.08. The van der Waals surface area contributed by atoms with E-state index in [9.17, 15) is 14.4 Å². The van der Waals surface area contributed by atoms with Crippen molar-refractivity contribution in [3.63, 3.8) is 0 Å². The minimum Gasteiger partial charge on any atom is -0.331 e. The summed E-state index contributed by atoms with van der Waals surface area (Å²) in [6.45, 7) is 0.730. The summed E-state index contributed by atoms with van der Waals surface area (Å²) in [5.74, 6) is -0.680. The van der Waals surface area contributed by atoms with Crippen molar-refractivity contribution in [1.82, 2.24) is 9.80 Å². The first-order chi connectivity index (χ1) is 14.6. The molecule has 0 unspecified atom stereocenters. The van der Waals surface area contributed by atoms with Crippen LogP contribution >= 0.6 is 11.3 Å². The first kappa shape index (κ1) is 18.8. The van der Waals surface area contributed by atoms with E-state index in [2.05, 4.69) is 11.4 Å². The lowest BCUT2D eigenvalue weighted by molar-refractivity contribution is -0.133. The van der Waals surface area contributed by atoms with Crippen LogP contribution in [0.15, 0.2) is 66.0 Å². The summed E-state index contributed by atoms with van der Waals surface area (Å²) in [6, 6.07) is 18.8. The van der Waals surface area contributed by atoms with Crippen LogP contribution in [0.5, 0.6) is 0 Å². The maximum Gasteiger partial charge on any atom is 0.261 e. The standard InChI is InChI=1S/C24H20N2O3S/c27-21(11-14-26-23(28)17-8-4-5-9-18(17)24(26)29)25-13-10-20-19(12-15-30-20)22(25)16-6-2-1-3-7-16/h1-9,12,15,22H,10-11,13-14H2/t22-/m1/s1. The van der Waals surface area contributed by atoms with Gasteiger partial charge in [-0.25, -0.2) is 0 Å². The van der Waals surface area contributed by atoms with Crippen molar-refractivity contribution in [3.8, 4) is 0 Å². The van der Waals surface area contributed by atoms with Crippen LogP contribution < -0.4 is 0 Å². The molecule has 0 radical (unpaired) electrons. The van der Waals surface area contributed by atoms with E-state index in [-0.39, 0.29) is 36.7 Å². The molecule has 5 nitrogen and oxygen atoms in total. The highest BCUT2D eigenvalue weighted by atomic mass is 32.1. The van der Waals surface area contributed by atoms with Crippen molar-refractivity contribution in [3.05, 3.63) is 93.2 Å². The molecule has 2 aromatic carbocycles. The van der Waals surface area contributed by atoms with Gasteiger partial charge in [0, 0.05) is 24.4 Å². The fourth-order valence-corrected chi connectivity index (χ4v) is 5.28. The Labute approximate surface area is 178 Å². The summed E-state index contributed by atoms with van der Waals surface area (Å²) in [5.41, 5.74) is 3.08. The average molecular weight is 417 g/mol. The fraction of sp³-hybridized carbons (Fsp3) is 0.208. The van der Waals surface area contributed by atoms with E-state index >= 15 is 0 Å². The maximum absolute atomic E-state index is 13.2. The third-order valence-corrected chi connectivity index (χ3v) is 6.83. The van der Waals surface area contributed by atoms with E-state index < -0.39 is 0 Å². The molecule has 3 heterocycles. The SMILES string of the molecule is O=C1c2ccccc2C(=O)N1CCC(=O)N1CCc2sccc2[C@H]1c1ccccc1. The first-order valence-corrected chi connectivity index (χ1v) is 10.9. The molecular weight excluding hydrogens is 396 g/mol. The number of fused-ring (bicyclic) bond motifs is 2. The van der Waals surface area contributed by atoms with Gasteiger partial charge in [-0.2, -0.15) is 0 Å². The number of rotatable bonds is 4. The van der Waals surface area contributed by atoms with Gasteiger partial charge in [-0.1, -0.05) is 42.5 Å². The number of imide groups is 1. The molecule has 5 rings (SSSR count). The highest BCUT2D eigenvalue weighted by Gasteiger charge is 2.37. The molecule has 30 heavy (non-hydrogen) atoms. The zero-order chi connectivity index (χ0) is 20.7. The molecule has 0 saturated heterocycles. The minimum atomic E-state index is -0.318. The fourth-order valence-electron chi connectivity index (χ4n) is 4.37. The van der Waals surface area contributed by atoms with Gasteiger partial charge in [0.05, 0.1) is 17.2 Å². The molecular formula is C24H20N2O3S. The van der Waals surface area contributed by atoms with Gasteiger partial charge < -0.3 is 4.90 Å². The Balaban J connectivity index is 1.36. The van der Waals surface area contributed by atoms with Crippen LogP contribution in [0.2, 0.25) is 0 Å². The minimum absolute atomic E-state index is 0.0442. The van der Waals surface area contributed by atoms with E-state index in [1.54, 1.807) is 35.6 Å². The average Bonchev–Trinajstić information content (AvgIpc) is 3.35. The molecule has 0 aliphatic carbocycles. The van der Waals surface area contributed by atoms with Crippen molar-refractivity contribution in [2.24, 2.45) is 0 Å². The Hall–Kier alpha value is -3.25. The Morgan fingerprint density at radius 2 is 1.60 bits per heavy atom. The summed E-state index contributed by atoms with van der Waals surface area (Å²) in [6.07, 6.45) is 0.948. The van der Waals surface area contributed by atoms with Gasteiger partial charge in [-0.05, 0) is 41.1 Å². The van der Waals surface area contributed by atoms with E-state index in [0.29, 0.717) is 17.7 Å². The number of nitrogens with zero attached hydrogens (tertiary/aromatic N) is 2. The molecule has 1 aromatic heterocycles. The van der Waals surface area contributed by atoms with Gasteiger partial charge in [0.1, 0.15) is 0 Å². The normalized spacial score (nSPS) is 17.8. The molecule has 0 saturated carbocycles. The predicted octanol–water partition coefficient (Wildman–Crippen LogP) is 3.91. The van der Waals surface area contributed by atoms with E-state index in [4.69, 9.17) is 0 Å². The van der Waals surface area contributed by atoms with Gasteiger partial charge in [-0.15, -0.1) is 11.3 Å². The molecule has 3 aromatic rings. The molecule has 150 valence electrons. The molecule has 0 fully saturated rings. The van der Waals surface area contributed by atoms with E-state index in [0.717, 1.165) is 12.0 Å². The van der Waals surface area contributed by atoms with Gasteiger partial charge in [0.15, 0.2) is 0 Å². The van der Waals surface area contributed by atoms with Gasteiger partial charge in [0.2, 0.25) is 5.91 Å². The molecule has 0 spiro atoms. The lowest BCUT2D eigenvalue weighted by Gasteiger charge is -2.36. The van der Waals surface area contributed by atoms with Crippen LogP contribution in [0.1, 0.15) is 49.2 Å². The number of carbonyl (C=O) groups excluding carboxylic acids is 3. The largest absolute Gasteiger partial charge is 0.331 e. The van der Waals surface area contributed by atoms with Crippen molar-refractivity contribution >= 4 is 29.1 Å². The zero-order valence-corrected chi connectivity index (χ0v) is 17.1. The molecule has 1 atom stereocenters. The Kier molecular flexibility index (Phi) is 4.71. The maximum atomic E-state index is 13.2. The van der Waals surface area contributed by atoms with Gasteiger partial charge in [0.25, 0.3) is 11.8 Å². The summed E-state index contributed by atoms with van der Waals surface area (Å²) in [4.78, 5) is 42.8. The highest BCUT2D eigenvalue weighted by Crippen LogP contribution is 2.38. The highest BCUT2D eigenvalue weighted by molar-refractivity contribution is 7.10. The number of carbonyl (C=O) groups is 3. The van der Waals surface area contributed by atoms with Crippen molar-refractivity contribution in [1.29, 1.82) is 0 Å². The van der Waals surface area contributed by atoms with Crippen LogP contribution in [0, 0.1) is 0 Å². The Bertz CT molecular complexity index is 1100. The van der Waals surface area contributed by atoms with Crippen LogP contribution in [-0.4, -0.2) is 40.6 Å². The summed E-state index contributed by atoms with van der Waals surface area (Å²) >= 11 is 1.73. The summed E-state index contributed by atoms with van der Waals surface area (Å²) < 4.78 is 0. The van der Waals surface area contributed by atoms with Crippen LogP contribution in [0.25, 0.3) is 0 Å². The van der Waals surface area contributed by atoms with Gasteiger partial charge >= 0.3 is 0 Å². The van der Waals surface area contributed by atoms with Crippen molar-refractivity contribution in [2.45, 2.75) is 18.9 Å². The Morgan fingerprint density at radius 3 is 2.30 bits per heavy atom. The second-order valence-electron chi connectivity index (χ2n) is 7.51. The number of amides is 3. The summed E-state index contributed by atoms with van der Waals surface area (Å²) in [7, 11) is 0. The van der Waals surface area contributed by atoms with Gasteiger partial charge in [-0.3, -0.25) is 19.3 Å². The number of thiophene rings is 1. The quantitative estimate of drug-likeness (QED) is 0.606. The third-order valence-electron chi connectivity index (χ3n) is 5.83. The number of hydrogen-bond acceptors (Lipinski definition) is 4. The first-order valence-electron chi connectivity index (χ1n) is 10.0. The lowest BCUT2D eigenvalue weighted by Crippen LogP contribution is -2.42. The molecule has 2 aliphatic rings. The number of hydrogen-bond donors (Lipinski definition) is 0. The van der Waals surface area contributed by atoms with E-state index in [1.165, 1.54) is 15.3 Å². The molecule has 0 N–H and O–H groups in total. The third kappa shape index (κ3) is 3.04. The molecule has 0 bridgehead atoms. The lowest BCUT2D eigenvalue weighted by atomic mass is 9.93. The molecule has 2 aliphatic heterocycles. The van der Waals surface area contributed by atoms with E-state index in [1.807, 2.05) is 35.2 Å². The topological polar surface area (TPSA) is 57.7 Å². The van der Waals surface area contributed by atoms with Crippen LogP contribution in [0.3, 0.4) is 0 Å². The zero-order valence-electron chi connectivity index (χ0n) is 16.3.